The van der Waals surface area contributed by atoms with Crippen molar-refractivity contribution in [3.8, 4) is 50.6 Å². The zero-order valence-electron chi connectivity index (χ0n) is 32.4. The summed E-state index contributed by atoms with van der Waals surface area (Å²) in [6.07, 6.45) is 0. The van der Waals surface area contributed by atoms with E-state index in [-0.39, 0.29) is 16.2 Å². The minimum absolute atomic E-state index is 0.206. The summed E-state index contributed by atoms with van der Waals surface area (Å²) in [5.74, 6) is 1.23. The lowest BCUT2D eigenvalue weighted by Crippen LogP contribution is -2.15. The van der Waals surface area contributed by atoms with E-state index < -0.39 is 7.82 Å². The SMILES string of the molecule is CC(C)(C)c1ccc(-c2ccccc2)c(OP(=O)(Oc2cc(C(C)(C)C)ccc2-c2ccccc2)Oc2cc(C(C)(C)C)ccc2-c2ccccc2)c1. The van der Waals surface area contributed by atoms with Gasteiger partial charge in [-0.25, -0.2) is 0 Å². The Balaban J connectivity index is 1.59. The first kappa shape index (κ1) is 37.7. The molecule has 0 unspecified atom stereocenters. The first-order chi connectivity index (χ1) is 25.0. The highest BCUT2D eigenvalue weighted by molar-refractivity contribution is 7.49. The summed E-state index contributed by atoms with van der Waals surface area (Å²) < 4.78 is 36.2. The van der Waals surface area contributed by atoms with Gasteiger partial charge in [-0.1, -0.05) is 190 Å². The third-order valence-corrected chi connectivity index (χ3v) is 10.7. The van der Waals surface area contributed by atoms with Crippen LogP contribution in [0, 0.1) is 0 Å². The highest BCUT2D eigenvalue weighted by atomic mass is 31.2. The van der Waals surface area contributed by atoms with Gasteiger partial charge in [-0.15, -0.1) is 0 Å². The smallest absolute Gasteiger partial charge is 0.385 e. The summed E-state index contributed by atoms with van der Waals surface area (Å²) in [7, 11) is -4.54. The Morgan fingerprint density at radius 3 is 0.830 bits per heavy atom. The van der Waals surface area contributed by atoms with Crippen LogP contribution in [0.2, 0.25) is 0 Å². The Morgan fingerprint density at radius 1 is 0.358 bits per heavy atom. The average Bonchev–Trinajstić information content (AvgIpc) is 3.11. The predicted molar refractivity (Wildman–Crippen MR) is 221 cm³/mol. The lowest BCUT2D eigenvalue weighted by Gasteiger charge is -2.27. The van der Waals surface area contributed by atoms with Gasteiger partial charge in [0.25, 0.3) is 0 Å². The molecule has 0 aliphatic heterocycles. The predicted octanol–water partition coefficient (Wildman–Crippen LogP) is 14.2. The lowest BCUT2D eigenvalue weighted by atomic mass is 9.86. The first-order valence-electron chi connectivity index (χ1n) is 18.3. The van der Waals surface area contributed by atoms with Crippen LogP contribution in [0.5, 0.6) is 17.2 Å². The Kier molecular flexibility index (Phi) is 10.5. The Labute approximate surface area is 316 Å². The molecule has 0 aliphatic carbocycles. The van der Waals surface area contributed by atoms with Crippen molar-refractivity contribution in [1.82, 2.24) is 0 Å². The first-order valence-corrected chi connectivity index (χ1v) is 19.7. The molecule has 0 saturated heterocycles. The van der Waals surface area contributed by atoms with E-state index in [9.17, 15) is 0 Å². The third kappa shape index (κ3) is 8.95. The van der Waals surface area contributed by atoms with E-state index in [1.807, 2.05) is 127 Å². The average molecular weight is 723 g/mol. The van der Waals surface area contributed by atoms with Gasteiger partial charge in [-0.2, -0.15) is 4.57 Å². The standard InChI is InChI=1S/C48H51O4P/c1-46(2,3)37-25-28-40(34-19-13-10-14-20-34)43(31-37)50-53(49,51-44-32-38(47(4,5)6)26-29-41(44)35-21-15-11-16-22-35)52-45-33-39(48(7,8)9)27-30-42(45)36-23-17-12-18-24-36/h10-33H,1-9H3. The minimum Gasteiger partial charge on any atom is -0.385 e. The monoisotopic (exact) mass is 722 g/mol. The van der Waals surface area contributed by atoms with Crippen LogP contribution < -0.4 is 13.6 Å². The highest BCUT2D eigenvalue weighted by Gasteiger charge is 2.37. The molecule has 272 valence electrons. The number of benzene rings is 6. The molecular formula is C48H51O4P. The van der Waals surface area contributed by atoms with Crippen molar-refractivity contribution in [2.24, 2.45) is 0 Å². The van der Waals surface area contributed by atoms with Crippen LogP contribution in [0.15, 0.2) is 146 Å². The van der Waals surface area contributed by atoms with Crippen molar-refractivity contribution in [2.75, 3.05) is 0 Å². The summed E-state index contributed by atoms with van der Waals surface area (Å²) in [6, 6.07) is 48.2. The topological polar surface area (TPSA) is 44.8 Å². The molecule has 53 heavy (non-hydrogen) atoms. The fraction of sp³-hybridized carbons (Fsp3) is 0.250. The van der Waals surface area contributed by atoms with Crippen LogP contribution in [0.1, 0.15) is 79.0 Å². The molecule has 0 radical (unpaired) electrons. The molecule has 0 saturated carbocycles. The second-order valence-electron chi connectivity index (χ2n) is 16.7. The van der Waals surface area contributed by atoms with Crippen LogP contribution in [-0.2, 0) is 20.8 Å². The van der Waals surface area contributed by atoms with Crippen LogP contribution >= 0.6 is 7.82 Å². The molecule has 0 aromatic heterocycles. The number of hydrogen-bond donors (Lipinski definition) is 0. The Bertz CT molecular complexity index is 1970. The summed E-state index contributed by atoms with van der Waals surface area (Å²) in [5, 5.41) is 0. The van der Waals surface area contributed by atoms with Gasteiger partial charge in [0.05, 0.1) is 0 Å². The molecule has 6 aromatic rings. The number of phosphoric ester groups is 1. The number of hydrogen-bond acceptors (Lipinski definition) is 4. The fourth-order valence-corrected chi connectivity index (χ4v) is 7.47. The molecule has 0 aliphatic rings. The zero-order chi connectivity index (χ0) is 38.0. The normalized spacial score (nSPS) is 12.3. The van der Waals surface area contributed by atoms with E-state index in [0.717, 1.165) is 50.1 Å². The van der Waals surface area contributed by atoms with Crippen molar-refractivity contribution in [3.05, 3.63) is 162 Å². The van der Waals surface area contributed by atoms with Crippen molar-refractivity contribution >= 4 is 7.82 Å². The van der Waals surface area contributed by atoms with Crippen molar-refractivity contribution < 1.29 is 18.1 Å². The van der Waals surface area contributed by atoms with Gasteiger partial charge in [-0.3, -0.25) is 0 Å². The number of rotatable bonds is 9. The second kappa shape index (κ2) is 14.8. The van der Waals surface area contributed by atoms with Crippen LogP contribution in [0.25, 0.3) is 33.4 Å². The van der Waals surface area contributed by atoms with E-state index in [2.05, 4.69) is 80.5 Å². The molecule has 0 heterocycles. The molecule has 0 atom stereocenters. The van der Waals surface area contributed by atoms with Crippen LogP contribution in [0.4, 0.5) is 0 Å². The van der Waals surface area contributed by atoms with Gasteiger partial charge in [-0.05, 0) is 67.8 Å². The van der Waals surface area contributed by atoms with Gasteiger partial charge in [0.2, 0.25) is 0 Å². The van der Waals surface area contributed by atoms with E-state index >= 15 is 4.57 Å². The van der Waals surface area contributed by atoms with E-state index in [0.29, 0.717) is 17.2 Å². The maximum absolute atomic E-state index is 15.9. The molecule has 6 aromatic carbocycles. The van der Waals surface area contributed by atoms with Gasteiger partial charge in [0.1, 0.15) is 17.2 Å². The lowest BCUT2D eigenvalue weighted by molar-refractivity contribution is 0.298. The molecule has 0 spiro atoms. The second-order valence-corrected chi connectivity index (χ2v) is 18.1. The summed E-state index contributed by atoms with van der Waals surface area (Å²) in [6.45, 7) is 19.3. The van der Waals surface area contributed by atoms with E-state index in [1.54, 1.807) is 0 Å². The van der Waals surface area contributed by atoms with Gasteiger partial charge >= 0.3 is 7.82 Å². The Hall–Kier alpha value is -5.05. The molecule has 4 nitrogen and oxygen atoms in total. The summed E-state index contributed by atoms with van der Waals surface area (Å²) in [5.41, 5.74) is 7.58. The minimum atomic E-state index is -4.54. The maximum atomic E-state index is 15.9. The summed E-state index contributed by atoms with van der Waals surface area (Å²) in [4.78, 5) is 0. The van der Waals surface area contributed by atoms with Crippen molar-refractivity contribution in [2.45, 2.75) is 78.6 Å². The summed E-state index contributed by atoms with van der Waals surface area (Å²) >= 11 is 0. The molecule has 0 amide bonds. The molecule has 0 fully saturated rings. The molecule has 6 rings (SSSR count). The van der Waals surface area contributed by atoms with Crippen LogP contribution in [0.3, 0.4) is 0 Å². The van der Waals surface area contributed by atoms with Gasteiger partial charge in [0.15, 0.2) is 0 Å². The molecule has 0 N–H and O–H groups in total. The van der Waals surface area contributed by atoms with Gasteiger partial charge in [0, 0.05) is 16.7 Å². The molecular weight excluding hydrogens is 671 g/mol. The third-order valence-electron chi connectivity index (χ3n) is 9.43. The molecule has 5 heteroatoms. The number of phosphoric acid groups is 1. The quantitative estimate of drug-likeness (QED) is 0.139. The highest BCUT2D eigenvalue weighted by Crippen LogP contribution is 2.55. The molecule has 0 bridgehead atoms. The van der Waals surface area contributed by atoms with E-state index in [1.165, 1.54) is 0 Å². The largest absolute Gasteiger partial charge is 0.647 e. The fourth-order valence-electron chi connectivity index (χ4n) is 6.18. The van der Waals surface area contributed by atoms with Crippen molar-refractivity contribution in [1.29, 1.82) is 0 Å². The Morgan fingerprint density at radius 2 is 0.604 bits per heavy atom. The van der Waals surface area contributed by atoms with Crippen molar-refractivity contribution in [3.63, 3.8) is 0 Å². The van der Waals surface area contributed by atoms with Gasteiger partial charge < -0.3 is 13.6 Å². The zero-order valence-corrected chi connectivity index (χ0v) is 33.3. The maximum Gasteiger partial charge on any atom is 0.647 e. The van der Waals surface area contributed by atoms with Crippen LogP contribution in [-0.4, -0.2) is 0 Å². The van der Waals surface area contributed by atoms with E-state index in [4.69, 9.17) is 13.6 Å².